The number of hydrogen-bond donors (Lipinski definition) is 0. The molecule has 1 aliphatic rings. The molecule has 0 N–H and O–H groups in total. The molecule has 0 radical (unpaired) electrons. The second kappa shape index (κ2) is 6.28. The van der Waals surface area contributed by atoms with E-state index in [1.807, 2.05) is 42.5 Å². The number of para-hydroxylation sites is 1. The Balaban J connectivity index is 1.53. The van der Waals surface area contributed by atoms with Crippen molar-refractivity contribution in [1.82, 2.24) is 10.2 Å². The fourth-order valence-corrected chi connectivity index (χ4v) is 3.11. The quantitative estimate of drug-likeness (QED) is 0.745. The van der Waals surface area contributed by atoms with Crippen molar-refractivity contribution in [1.29, 1.82) is 0 Å². The number of aromatic nitrogens is 2. The van der Waals surface area contributed by atoms with Crippen LogP contribution in [0.3, 0.4) is 0 Å². The van der Waals surface area contributed by atoms with Gasteiger partial charge in [0.25, 0.3) is 5.91 Å². The fourth-order valence-electron chi connectivity index (χ4n) is 3.11. The predicted molar refractivity (Wildman–Crippen MR) is 92.1 cm³/mol. The molecule has 5 heteroatoms. The van der Waals surface area contributed by atoms with Crippen molar-refractivity contribution in [2.45, 2.75) is 12.8 Å². The number of benzene rings is 2. The van der Waals surface area contributed by atoms with Gasteiger partial charge in [0, 0.05) is 23.0 Å². The summed E-state index contributed by atoms with van der Waals surface area (Å²) in [5.74, 6) is 0.337. The van der Waals surface area contributed by atoms with E-state index in [0.29, 0.717) is 5.88 Å². The van der Waals surface area contributed by atoms with Crippen molar-refractivity contribution in [2.24, 2.45) is 0 Å². The third kappa shape index (κ3) is 2.69. The van der Waals surface area contributed by atoms with Gasteiger partial charge in [-0.15, -0.1) is 5.10 Å². The topological polar surface area (TPSA) is 55.3 Å². The molecule has 1 aliphatic heterocycles. The zero-order valence-corrected chi connectivity index (χ0v) is 13.2. The Kier molecular flexibility index (Phi) is 3.83. The molecule has 0 fully saturated rings. The molecular weight excluding hydrogens is 302 g/mol. The largest absolute Gasteiger partial charge is 0.466 e. The Morgan fingerprint density at radius 3 is 2.92 bits per heavy atom. The predicted octanol–water partition coefficient (Wildman–Crippen LogP) is 2.99. The zero-order chi connectivity index (χ0) is 16.4. The number of anilines is 1. The monoisotopic (exact) mass is 319 g/mol. The second-order valence-electron chi connectivity index (χ2n) is 5.80. The normalized spacial score (nSPS) is 13.6. The van der Waals surface area contributed by atoms with Crippen LogP contribution in [0.25, 0.3) is 10.8 Å². The summed E-state index contributed by atoms with van der Waals surface area (Å²) in [5.41, 5.74) is 2.20. The number of carbonyl (C=O) groups is 1. The smallest absolute Gasteiger partial charge is 0.264 e. The molecule has 1 aromatic heterocycles. The second-order valence-corrected chi connectivity index (χ2v) is 5.80. The molecule has 2 heterocycles. The van der Waals surface area contributed by atoms with Crippen molar-refractivity contribution in [2.75, 3.05) is 18.1 Å². The van der Waals surface area contributed by atoms with Gasteiger partial charge in [0.05, 0.1) is 6.20 Å². The Hall–Kier alpha value is -2.95. The standard InChI is InChI=1S/C19H17N3O2/c23-18(22-11-5-8-14-6-2-4-10-17(14)22)13-24-19-16-9-3-1-7-15(16)12-20-21-19/h1-4,6-7,9-10,12H,5,8,11,13H2. The minimum absolute atomic E-state index is 0.0446. The van der Waals surface area contributed by atoms with Crippen LogP contribution in [-0.4, -0.2) is 29.3 Å². The summed E-state index contributed by atoms with van der Waals surface area (Å²) >= 11 is 0. The summed E-state index contributed by atoms with van der Waals surface area (Å²) in [7, 11) is 0. The van der Waals surface area contributed by atoms with E-state index in [0.717, 1.165) is 35.8 Å². The van der Waals surface area contributed by atoms with Crippen LogP contribution in [0.4, 0.5) is 5.69 Å². The molecule has 0 unspecified atom stereocenters. The molecule has 0 atom stereocenters. The lowest BCUT2D eigenvalue weighted by atomic mass is 10.0. The maximum Gasteiger partial charge on any atom is 0.264 e. The highest BCUT2D eigenvalue weighted by Crippen LogP contribution is 2.27. The number of rotatable bonds is 3. The average Bonchev–Trinajstić information content (AvgIpc) is 2.65. The van der Waals surface area contributed by atoms with Gasteiger partial charge in [0.2, 0.25) is 5.88 Å². The Morgan fingerprint density at radius 1 is 1.12 bits per heavy atom. The molecule has 120 valence electrons. The molecule has 5 nitrogen and oxygen atoms in total. The molecule has 0 saturated heterocycles. The van der Waals surface area contributed by atoms with Gasteiger partial charge >= 0.3 is 0 Å². The molecule has 0 aliphatic carbocycles. The van der Waals surface area contributed by atoms with Gasteiger partial charge in [-0.2, -0.15) is 5.10 Å². The van der Waals surface area contributed by atoms with Crippen LogP contribution in [0.2, 0.25) is 0 Å². The maximum absolute atomic E-state index is 12.6. The summed E-state index contributed by atoms with van der Waals surface area (Å²) in [5, 5.41) is 9.77. The van der Waals surface area contributed by atoms with Crippen molar-refractivity contribution < 1.29 is 9.53 Å². The highest BCUT2D eigenvalue weighted by Gasteiger charge is 2.22. The van der Waals surface area contributed by atoms with E-state index in [9.17, 15) is 4.79 Å². The molecule has 2 aromatic carbocycles. The minimum Gasteiger partial charge on any atom is -0.466 e. The lowest BCUT2D eigenvalue weighted by Gasteiger charge is -2.29. The van der Waals surface area contributed by atoms with Gasteiger partial charge in [-0.25, -0.2) is 0 Å². The van der Waals surface area contributed by atoms with Gasteiger partial charge in [-0.3, -0.25) is 4.79 Å². The third-order valence-electron chi connectivity index (χ3n) is 4.28. The number of fused-ring (bicyclic) bond motifs is 2. The van der Waals surface area contributed by atoms with Gasteiger partial charge < -0.3 is 9.64 Å². The van der Waals surface area contributed by atoms with Crippen LogP contribution in [0, 0.1) is 0 Å². The number of nitrogens with zero attached hydrogens (tertiary/aromatic N) is 3. The first-order chi connectivity index (χ1) is 11.8. The van der Waals surface area contributed by atoms with E-state index in [2.05, 4.69) is 16.3 Å². The molecule has 0 spiro atoms. The summed E-state index contributed by atoms with van der Waals surface area (Å²) in [6.07, 6.45) is 3.66. The Bertz CT molecular complexity index is 889. The summed E-state index contributed by atoms with van der Waals surface area (Å²) in [6.45, 7) is 0.678. The van der Waals surface area contributed by atoms with Gasteiger partial charge in [-0.05, 0) is 30.5 Å². The van der Waals surface area contributed by atoms with E-state index in [1.54, 1.807) is 11.1 Å². The highest BCUT2D eigenvalue weighted by molar-refractivity contribution is 5.96. The number of hydrogen-bond acceptors (Lipinski definition) is 4. The summed E-state index contributed by atoms with van der Waals surface area (Å²) in [6, 6.07) is 15.7. The first-order valence-electron chi connectivity index (χ1n) is 8.04. The van der Waals surface area contributed by atoms with E-state index >= 15 is 0 Å². The Labute approximate surface area is 139 Å². The van der Waals surface area contributed by atoms with Crippen molar-refractivity contribution in [3.8, 4) is 5.88 Å². The van der Waals surface area contributed by atoms with Crippen molar-refractivity contribution in [3.05, 3.63) is 60.3 Å². The SMILES string of the molecule is O=C(COc1nncc2ccccc12)N1CCCc2ccccc21. The molecule has 0 saturated carbocycles. The number of carbonyl (C=O) groups excluding carboxylic acids is 1. The van der Waals surface area contributed by atoms with Crippen LogP contribution in [0.1, 0.15) is 12.0 Å². The highest BCUT2D eigenvalue weighted by atomic mass is 16.5. The maximum atomic E-state index is 12.6. The molecule has 3 aromatic rings. The zero-order valence-electron chi connectivity index (χ0n) is 13.2. The van der Waals surface area contributed by atoms with Crippen LogP contribution < -0.4 is 9.64 Å². The molecule has 1 amide bonds. The van der Waals surface area contributed by atoms with Gasteiger partial charge in [0.15, 0.2) is 6.61 Å². The minimum atomic E-state index is -0.0584. The number of aryl methyl sites for hydroxylation is 1. The van der Waals surface area contributed by atoms with E-state index < -0.39 is 0 Å². The van der Waals surface area contributed by atoms with E-state index in [4.69, 9.17) is 4.74 Å². The summed E-state index contributed by atoms with van der Waals surface area (Å²) < 4.78 is 5.68. The first-order valence-corrected chi connectivity index (χ1v) is 8.04. The van der Waals surface area contributed by atoms with E-state index in [1.165, 1.54) is 5.56 Å². The number of amides is 1. The van der Waals surface area contributed by atoms with Crippen LogP contribution in [-0.2, 0) is 11.2 Å². The fraction of sp³-hybridized carbons (Fsp3) is 0.211. The average molecular weight is 319 g/mol. The van der Waals surface area contributed by atoms with Gasteiger partial charge in [-0.1, -0.05) is 36.4 Å². The molecule has 24 heavy (non-hydrogen) atoms. The third-order valence-corrected chi connectivity index (χ3v) is 4.28. The first kappa shape index (κ1) is 14.6. The molecular formula is C19H17N3O2. The lowest BCUT2D eigenvalue weighted by molar-refractivity contribution is -0.120. The lowest BCUT2D eigenvalue weighted by Crippen LogP contribution is -2.38. The molecule has 0 bridgehead atoms. The summed E-state index contributed by atoms with van der Waals surface area (Å²) in [4.78, 5) is 14.4. The van der Waals surface area contributed by atoms with Crippen molar-refractivity contribution in [3.63, 3.8) is 0 Å². The molecule has 4 rings (SSSR count). The van der Waals surface area contributed by atoms with Crippen molar-refractivity contribution >= 4 is 22.4 Å². The number of ether oxygens (including phenoxy) is 1. The Morgan fingerprint density at radius 2 is 1.96 bits per heavy atom. The van der Waals surface area contributed by atoms with Crippen LogP contribution >= 0.6 is 0 Å². The van der Waals surface area contributed by atoms with Crippen LogP contribution in [0.5, 0.6) is 5.88 Å². The van der Waals surface area contributed by atoms with E-state index in [-0.39, 0.29) is 12.5 Å². The van der Waals surface area contributed by atoms with Gasteiger partial charge in [0.1, 0.15) is 0 Å². The van der Waals surface area contributed by atoms with Crippen LogP contribution in [0.15, 0.2) is 54.7 Å².